The monoisotopic (exact) mass is 435 g/mol. The Kier molecular flexibility index (Phi) is 5.50. The highest BCUT2D eigenvalue weighted by atomic mass is 35.5. The van der Waals surface area contributed by atoms with Crippen LogP contribution in [-0.4, -0.2) is 38.2 Å². The SMILES string of the molecule is Cc1sc2ncn(CC3(O)CCN(Cc4ccc(Cl)c(F)c4)CC3)c(=O)c2c1C. The summed E-state index contributed by atoms with van der Waals surface area (Å²) in [7, 11) is 0. The number of rotatable bonds is 4. The van der Waals surface area contributed by atoms with Crippen LogP contribution in [-0.2, 0) is 13.1 Å². The summed E-state index contributed by atoms with van der Waals surface area (Å²) >= 11 is 7.27. The minimum absolute atomic E-state index is 0.0932. The van der Waals surface area contributed by atoms with Gasteiger partial charge in [0.25, 0.3) is 5.56 Å². The Hall–Kier alpha value is -1.80. The number of aryl methyl sites for hydroxylation is 2. The number of fused-ring (bicyclic) bond motifs is 1. The number of nitrogens with zero attached hydrogens (tertiary/aromatic N) is 3. The highest BCUT2D eigenvalue weighted by molar-refractivity contribution is 7.18. The second kappa shape index (κ2) is 7.80. The zero-order valence-corrected chi connectivity index (χ0v) is 18.0. The van der Waals surface area contributed by atoms with Gasteiger partial charge in [0.2, 0.25) is 0 Å². The highest BCUT2D eigenvalue weighted by Crippen LogP contribution is 2.28. The first-order valence-corrected chi connectivity index (χ1v) is 10.8. The quantitative estimate of drug-likeness (QED) is 0.675. The average molecular weight is 436 g/mol. The van der Waals surface area contributed by atoms with Crippen molar-refractivity contribution in [3.05, 3.63) is 61.7 Å². The number of halogens is 2. The van der Waals surface area contributed by atoms with E-state index in [9.17, 15) is 14.3 Å². The van der Waals surface area contributed by atoms with Gasteiger partial charge in [-0.15, -0.1) is 11.3 Å². The lowest BCUT2D eigenvalue weighted by molar-refractivity contribution is -0.0365. The second-order valence-corrected chi connectivity index (χ2v) is 9.50. The van der Waals surface area contributed by atoms with Crippen LogP contribution in [0.2, 0.25) is 5.02 Å². The van der Waals surface area contributed by atoms with Crippen LogP contribution in [0.25, 0.3) is 10.2 Å². The fourth-order valence-corrected chi connectivity index (χ4v) is 4.99. The summed E-state index contributed by atoms with van der Waals surface area (Å²) in [5.41, 5.74) is 0.768. The van der Waals surface area contributed by atoms with Gasteiger partial charge in [0, 0.05) is 24.5 Å². The van der Waals surface area contributed by atoms with E-state index in [1.54, 1.807) is 12.4 Å². The van der Waals surface area contributed by atoms with Gasteiger partial charge < -0.3 is 5.11 Å². The minimum Gasteiger partial charge on any atom is -0.388 e. The smallest absolute Gasteiger partial charge is 0.262 e. The van der Waals surface area contributed by atoms with Crippen molar-refractivity contribution >= 4 is 33.2 Å². The number of likely N-dealkylation sites (tertiary alicyclic amines) is 1. The maximum Gasteiger partial charge on any atom is 0.262 e. The first-order valence-electron chi connectivity index (χ1n) is 9.59. The number of aromatic nitrogens is 2. The third kappa shape index (κ3) is 4.10. The predicted molar refractivity (Wildman–Crippen MR) is 114 cm³/mol. The van der Waals surface area contributed by atoms with E-state index >= 15 is 0 Å². The summed E-state index contributed by atoms with van der Waals surface area (Å²) in [4.78, 5) is 21.3. The van der Waals surface area contributed by atoms with Gasteiger partial charge in [-0.3, -0.25) is 14.3 Å². The topological polar surface area (TPSA) is 58.4 Å². The van der Waals surface area contributed by atoms with Crippen molar-refractivity contribution in [2.24, 2.45) is 0 Å². The van der Waals surface area contributed by atoms with Crippen LogP contribution >= 0.6 is 22.9 Å². The molecule has 1 saturated heterocycles. The fraction of sp³-hybridized carbons (Fsp3) is 0.429. The molecule has 1 fully saturated rings. The summed E-state index contributed by atoms with van der Waals surface area (Å²) in [5.74, 6) is -0.418. The van der Waals surface area contributed by atoms with Crippen LogP contribution in [0.3, 0.4) is 0 Å². The molecule has 2 aromatic heterocycles. The highest BCUT2D eigenvalue weighted by Gasteiger charge is 2.33. The van der Waals surface area contributed by atoms with E-state index in [1.807, 2.05) is 19.9 Å². The average Bonchev–Trinajstić information content (AvgIpc) is 2.97. The van der Waals surface area contributed by atoms with E-state index in [0.29, 0.717) is 37.9 Å². The Balaban J connectivity index is 1.45. The normalized spacial score (nSPS) is 17.1. The molecule has 3 aromatic rings. The molecule has 0 bridgehead atoms. The molecule has 0 spiro atoms. The molecule has 1 N–H and O–H groups in total. The summed E-state index contributed by atoms with van der Waals surface area (Å²) in [6, 6.07) is 4.84. The Morgan fingerprint density at radius 3 is 2.72 bits per heavy atom. The molecule has 1 aliphatic heterocycles. The molecule has 0 radical (unpaired) electrons. The van der Waals surface area contributed by atoms with Crippen molar-refractivity contribution in [1.82, 2.24) is 14.5 Å². The van der Waals surface area contributed by atoms with E-state index in [0.717, 1.165) is 20.8 Å². The minimum atomic E-state index is -0.958. The Morgan fingerprint density at radius 1 is 1.31 bits per heavy atom. The van der Waals surface area contributed by atoms with E-state index < -0.39 is 11.4 Å². The molecule has 0 atom stereocenters. The third-order valence-electron chi connectivity index (χ3n) is 5.80. The lowest BCUT2D eigenvalue weighted by Crippen LogP contribution is -2.47. The van der Waals surface area contributed by atoms with Gasteiger partial charge in [-0.25, -0.2) is 9.37 Å². The summed E-state index contributed by atoms with van der Waals surface area (Å²) in [6.07, 6.45) is 2.62. The number of aliphatic hydroxyl groups is 1. The molecule has 29 heavy (non-hydrogen) atoms. The maximum absolute atomic E-state index is 13.6. The van der Waals surface area contributed by atoms with Crippen molar-refractivity contribution in [2.45, 2.75) is 45.4 Å². The van der Waals surface area contributed by atoms with Crippen LogP contribution in [0.1, 0.15) is 28.8 Å². The number of thiophene rings is 1. The van der Waals surface area contributed by atoms with Gasteiger partial charge in [-0.1, -0.05) is 17.7 Å². The van der Waals surface area contributed by atoms with E-state index in [-0.39, 0.29) is 17.1 Å². The van der Waals surface area contributed by atoms with Crippen molar-refractivity contribution in [1.29, 1.82) is 0 Å². The van der Waals surface area contributed by atoms with E-state index in [1.165, 1.54) is 22.0 Å². The molecular formula is C21H23ClFN3O2S. The summed E-state index contributed by atoms with van der Waals surface area (Å²) in [6.45, 7) is 6.09. The van der Waals surface area contributed by atoms with Gasteiger partial charge in [0.05, 0.1) is 28.9 Å². The first-order chi connectivity index (χ1) is 13.8. The van der Waals surface area contributed by atoms with Crippen LogP contribution in [0.5, 0.6) is 0 Å². The first kappa shape index (κ1) is 20.5. The van der Waals surface area contributed by atoms with Crippen LogP contribution in [0, 0.1) is 19.7 Å². The largest absolute Gasteiger partial charge is 0.388 e. The Bertz CT molecular complexity index is 1120. The van der Waals surface area contributed by atoms with Crippen molar-refractivity contribution in [3.8, 4) is 0 Å². The van der Waals surface area contributed by atoms with Crippen LogP contribution in [0.15, 0.2) is 29.3 Å². The summed E-state index contributed by atoms with van der Waals surface area (Å²) in [5, 5.41) is 11.8. The number of benzene rings is 1. The molecular weight excluding hydrogens is 413 g/mol. The van der Waals surface area contributed by atoms with Crippen LogP contribution < -0.4 is 5.56 Å². The van der Waals surface area contributed by atoms with Gasteiger partial charge in [-0.2, -0.15) is 0 Å². The molecule has 8 heteroatoms. The maximum atomic E-state index is 13.6. The zero-order valence-electron chi connectivity index (χ0n) is 16.4. The molecule has 3 heterocycles. The second-order valence-electron chi connectivity index (χ2n) is 7.89. The van der Waals surface area contributed by atoms with Gasteiger partial charge in [0.1, 0.15) is 10.6 Å². The van der Waals surface area contributed by atoms with Crippen molar-refractivity contribution < 1.29 is 9.50 Å². The third-order valence-corrected chi connectivity index (χ3v) is 7.22. The Morgan fingerprint density at radius 2 is 2.03 bits per heavy atom. The molecule has 1 aromatic carbocycles. The number of hydrogen-bond acceptors (Lipinski definition) is 5. The van der Waals surface area contributed by atoms with Crippen molar-refractivity contribution in [2.75, 3.05) is 13.1 Å². The summed E-state index contributed by atoms with van der Waals surface area (Å²) < 4.78 is 15.2. The Labute approximate surface area is 177 Å². The molecule has 0 unspecified atom stereocenters. The molecule has 1 aliphatic rings. The lowest BCUT2D eigenvalue weighted by atomic mass is 9.91. The zero-order chi connectivity index (χ0) is 20.8. The standard InChI is InChI=1S/C21H23ClFN3O2S/c1-13-14(2)29-19-18(13)20(27)26(12-24-19)11-21(28)5-7-25(8-6-21)10-15-3-4-16(22)17(23)9-15/h3-4,9,12,28H,5-8,10-11H2,1-2H3. The molecule has 4 rings (SSSR count). The van der Waals surface area contributed by atoms with Gasteiger partial charge in [0.15, 0.2) is 0 Å². The van der Waals surface area contributed by atoms with Gasteiger partial charge >= 0.3 is 0 Å². The molecule has 0 aliphatic carbocycles. The predicted octanol–water partition coefficient (Wildman–Crippen LogP) is 3.89. The fourth-order valence-electron chi connectivity index (χ4n) is 3.88. The van der Waals surface area contributed by atoms with Gasteiger partial charge in [-0.05, 0) is 49.9 Å². The number of piperidine rings is 1. The van der Waals surface area contributed by atoms with E-state index in [2.05, 4.69) is 9.88 Å². The molecule has 5 nitrogen and oxygen atoms in total. The van der Waals surface area contributed by atoms with E-state index in [4.69, 9.17) is 11.6 Å². The molecule has 0 saturated carbocycles. The molecule has 0 amide bonds. The number of hydrogen-bond donors (Lipinski definition) is 1. The van der Waals surface area contributed by atoms with Crippen molar-refractivity contribution in [3.63, 3.8) is 0 Å². The molecule has 154 valence electrons. The lowest BCUT2D eigenvalue weighted by Gasteiger charge is -2.38. The van der Waals surface area contributed by atoms with Crippen LogP contribution in [0.4, 0.5) is 4.39 Å².